The first kappa shape index (κ1) is 17.9. The van der Waals surface area contributed by atoms with E-state index < -0.39 is 0 Å². The van der Waals surface area contributed by atoms with Crippen LogP contribution in [0.5, 0.6) is 11.5 Å². The molecule has 0 aliphatic heterocycles. The molecule has 0 aromatic heterocycles. The summed E-state index contributed by atoms with van der Waals surface area (Å²) in [7, 11) is 1.55. The van der Waals surface area contributed by atoms with Gasteiger partial charge in [0.15, 0.2) is 11.5 Å². The van der Waals surface area contributed by atoms with Gasteiger partial charge < -0.3 is 14.2 Å². The van der Waals surface area contributed by atoms with Crippen molar-refractivity contribution in [3.05, 3.63) is 59.2 Å². The van der Waals surface area contributed by atoms with Crippen LogP contribution in [-0.4, -0.2) is 19.2 Å². The maximum atomic E-state index is 12.1. The maximum absolute atomic E-state index is 12.1. The third kappa shape index (κ3) is 4.75. The molecular formula is C20H24O4. The molecule has 0 spiro atoms. The zero-order valence-corrected chi connectivity index (χ0v) is 14.7. The van der Waals surface area contributed by atoms with E-state index >= 15 is 0 Å². The first-order chi connectivity index (χ1) is 11.5. The van der Waals surface area contributed by atoms with Crippen molar-refractivity contribution < 1.29 is 19.0 Å². The van der Waals surface area contributed by atoms with Gasteiger partial charge in [-0.15, -0.1) is 0 Å². The molecule has 2 aromatic rings. The Bertz CT molecular complexity index is 677. The van der Waals surface area contributed by atoms with Crippen molar-refractivity contribution in [1.82, 2.24) is 0 Å². The van der Waals surface area contributed by atoms with E-state index in [4.69, 9.17) is 14.2 Å². The van der Waals surface area contributed by atoms with Crippen molar-refractivity contribution in [2.75, 3.05) is 7.11 Å². The molecule has 0 bridgehead atoms. The minimum atomic E-state index is -0.354. The Morgan fingerprint density at radius 1 is 1.08 bits per heavy atom. The molecule has 0 heterocycles. The molecule has 128 valence electrons. The molecule has 0 aliphatic carbocycles. The Morgan fingerprint density at radius 2 is 1.79 bits per heavy atom. The standard InChI is InChI=1S/C20H24O4/c1-5-15(3)24-20(21)17-10-11-18(19(12-17)22-4)23-13-16-8-6-14(2)7-9-16/h6-12,15H,5,13H2,1-4H3. The van der Waals surface area contributed by atoms with Crippen molar-refractivity contribution in [2.24, 2.45) is 0 Å². The summed E-state index contributed by atoms with van der Waals surface area (Å²) in [5.74, 6) is 0.756. The van der Waals surface area contributed by atoms with E-state index in [1.165, 1.54) is 5.56 Å². The summed E-state index contributed by atoms with van der Waals surface area (Å²) in [5, 5.41) is 0. The normalized spacial score (nSPS) is 11.7. The summed E-state index contributed by atoms with van der Waals surface area (Å²) < 4.78 is 16.5. The van der Waals surface area contributed by atoms with Crippen LogP contribution < -0.4 is 9.47 Å². The van der Waals surface area contributed by atoms with E-state index in [-0.39, 0.29) is 12.1 Å². The van der Waals surface area contributed by atoms with Crippen LogP contribution in [0.2, 0.25) is 0 Å². The van der Waals surface area contributed by atoms with Gasteiger partial charge in [-0.1, -0.05) is 36.8 Å². The zero-order chi connectivity index (χ0) is 17.5. The lowest BCUT2D eigenvalue weighted by Gasteiger charge is -2.14. The topological polar surface area (TPSA) is 44.8 Å². The molecule has 0 fully saturated rings. The van der Waals surface area contributed by atoms with Crippen LogP contribution in [0.3, 0.4) is 0 Å². The van der Waals surface area contributed by atoms with Gasteiger partial charge in [0.1, 0.15) is 6.61 Å². The van der Waals surface area contributed by atoms with Gasteiger partial charge in [-0.05, 0) is 44.0 Å². The van der Waals surface area contributed by atoms with E-state index in [9.17, 15) is 4.79 Å². The molecule has 4 nitrogen and oxygen atoms in total. The first-order valence-electron chi connectivity index (χ1n) is 8.10. The third-order valence-electron chi connectivity index (χ3n) is 3.80. The van der Waals surface area contributed by atoms with Gasteiger partial charge in [0.05, 0.1) is 18.8 Å². The number of aryl methyl sites for hydroxylation is 1. The van der Waals surface area contributed by atoms with Gasteiger partial charge in [-0.2, -0.15) is 0 Å². The highest BCUT2D eigenvalue weighted by Gasteiger charge is 2.14. The highest BCUT2D eigenvalue weighted by atomic mass is 16.5. The number of carbonyl (C=O) groups is 1. The summed E-state index contributed by atoms with van der Waals surface area (Å²) in [6.45, 7) is 6.33. The smallest absolute Gasteiger partial charge is 0.338 e. The van der Waals surface area contributed by atoms with E-state index in [0.717, 1.165) is 12.0 Å². The van der Waals surface area contributed by atoms with Gasteiger partial charge in [0.25, 0.3) is 0 Å². The molecule has 0 aliphatic rings. The van der Waals surface area contributed by atoms with Gasteiger partial charge in [0, 0.05) is 0 Å². The fourth-order valence-corrected chi connectivity index (χ4v) is 2.09. The van der Waals surface area contributed by atoms with Crippen LogP contribution in [0, 0.1) is 6.92 Å². The second-order valence-electron chi connectivity index (χ2n) is 5.76. The van der Waals surface area contributed by atoms with Gasteiger partial charge in [-0.25, -0.2) is 4.79 Å². The summed E-state index contributed by atoms with van der Waals surface area (Å²) in [6, 6.07) is 13.2. The van der Waals surface area contributed by atoms with Crippen LogP contribution in [0.4, 0.5) is 0 Å². The molecule has 4 heteroatoms. The Morgan fingerprint density at radius 3 is 2.42 bits per heavy atom. The fourth-order valence-electron chi connectivity index (χ4n) is 2.09. The number of hydrogen-bond acceptors (Lipinski definition) is 4. The van der Waals surface area contributed by atoms with Crippen molar-refractivity contribution >= 4 is 5.97 Å². The average molecular weight is 328 g/mol. The number of carbonyl (C=O) groups excluding carboxylic acids is 1. The van der Waals surface area contributed by atoms with Gasteiger partial charge in [-0.3, -0.25) is 0 Å². The molecule has 1 atom stereocenters. The lowest BCUT2D eigenvalue weighted by atomic mass is 10.1. The lowest BCUT2D eigenvalue weighted by Crippen LogP contribution is -2.14. The predicted molar refractivity (Wildman–Crippen MR) is 93.7 cm³/mol. The Hall–Kier alpha value is -2.49. The molecular weight excluding hydrogens is 304 g/mol. The lowest BCUT2D eigenvalue weighted by molar-refractivity contribution is 0.0334. The van der Waals surface area contributed by atoms with Crippen molar-refractivity contribution in [1.29, 1.82) is 0 Å². The van der Waals surface area contributed by atoms with Crippen molar-refractivity contribution in [3.63, 3.8) is 0 Å². The number of esters is 1. The quantitative estimate of drug-likeness (QED) is 0.700. The van der Waals surface area contributed by atoms with E-state index in [0.29, 0.717) is 23.7 Å². The highest BCUT2D eigenvalue weighted by molar-refractivity contribution is 5.90. The molecule has 0 saturated carbocycles. The number of ether oxygens (including phenoxy) is 3. The fraction of sp³-hybridized carbons (Fsp3) is 0.350. The van der Waals surface area contributed by atoms with Crippen LogP contribution in [0.15, 0.2) is 42.5 Å². The first-order valence-corrected chi connectivity index (χ1v) is 8.10. The minimum Gasteiger partial charge on any atom is -0.493 e. The molecule has 0 N–H and O–H groups in total. The number of benzene rings is 2. The van der Waals surface area contributed by atoms with E-state index in [1.54, 1.807) is 25.3 Å². The van der Waals surface area contributed by atoms with Crippen LogP contribution in [0.1, 0.15) is 41.8 Å². The summed E-state index contributed by atoms with van der Waals surface area (Å²) in [5.41, 5.74) is 2.73. The van der Waals surface area contributed by atoms with Crippen LogP contribution >= 0.6 is 0 Å². The Balaban J connectivity index is 2.08. The van der Waals surface area contributed by atoms with Crippen molar-refractivity contribution in [2.45, 2.75) is 39.9 Å². The SMILES string of the molecule is CCC(C)OC(=O)c1ccc(OCc2ccc(C)cc2)c(OC)c1. The second kappa shape index (κ2) is 8.39. The zero-order valence-electron chi connectivity index (χ0n) is 14.7. The number of methoxy groups -OCH3 is 1. The van der Waals surface area contributed by atoms with Crippen molar-refractivity contribution in [3.8, 4) is 11.5 Å². The van der Waals surface area contributed by atoms with Crippen LogP contribution in [0.25, 0.3) is 0 Å². The number of hydrogen-bond donors (Lipinski definition) is 0. The molecule has 1 unspecified atom stereocenters. The maximum Gasteiger partial charge on any atom is 0.338 e. The molecule has 24 heavy (non-hydrogen) atoms. The molecule has 0 amide bonds. The van der Waals surface area contributed by atoms with E-state index in [1.807, 2.05) is 45.0 Å². The molecule has 2 aromatic carbocycles. The highest BCUT2D eigenvalue weighted by Crippen LogP contribution is 2.29. The summed E-state index contributed by atoms with van der Waals surface area (Å²) in [4.78, 5) is 12.1. The van der Waals surface area contributed by atoms with E-state index in [2.05, 4.69) is 0 Å². The van der Waals surface area contributed by atoms with Gasteiger partial charge >= 0.3 is 5.97 Å². The second-order valence-corrected chi connectivity index (χ2v) is 5.76. The third-order valence-corrected chi connectivity index (χ3v) is 3.80. The number of rotatable bonds is 7. The minimum absolute atomic E-state index is 0.110. The largest absolute Gasteiger partial charge is 0.493 e. The monoisotopic (exact) mass is 328 g/mol. The molecule has 2 rings (SSSR count). The molecule has 0 saturated heterocycles. The van der Waals surface area contributed by atoms with Gasteiger partial charge in [0.2, 0.25) is 0 Å². The Kier molecular flexibility index (Phi) is 6.24. The molecule has 0 radical (unpaired) electrons. The summed E-state index contributed by atoms with van der Waals surface area (Å²) >= 11 is 0. The predicted octanol–water partition coefficient (Wildman–Crippen LogP) is 4.54. The summed E-state index contributed by atoms with van der Waals surface area (Å²) in [6.07, 6.45) is 0.668. The average Bonchev–Trinajstić information content (AvgIpc) is 2.60. The van der Waals surface area contributed by atoms with Crippen LogP contribution in [-0.2, 0) is 11.3 Å². The Labute approximate surface area is 143 Å².